The van der Waals surface area contributed by atoms with Crippen molar-refractivity contribution in [1.82, 2.24) is 0 Å². The van der Waals surface area contributed by atoms with Crippen molar-refractivity contribution >= 4 is 22.6 Å². The highest BCUT2D eigenvalue weighted by atomic mass is 127. The average Bonchev–Trinajstić information content (AvgIpc) is 3.43. The molecule has 1 aliphatic heterocycles. The summed E-state index contributed by atoms with van der Waals surface area (Å²) in [5, 5.41) is 12.0. The number of terminal acetylenes is 1. The summed E-state index contributed by atoms with van der Waals surface area (Å²) >= 11 is 2.35. The smallest absolute Gasteiger partial charge is 0.136 e. The van der Waals surface area contributed by atoms with Crippen LogP contribution in [0.2, 0.25) is 0 Å². The molecule has 0 radical (unpaired) electrons. The highest BCUT2D eigenvalue weighted by molar-refractivity contribution is 14.1. The average molecular weight is 1130 g/mol. The van der Waals surface area contributed by atoms with Crippen LogP contribution in [0.1, 0.15) is 179 Å². The van der Waals surface area contributed by atoms with Crippen molar-refractivity contribution in [3.8, 4) is 53.3 Å². The summed E-state index contributed by atoms with van der Waals surface area (Å²) in [7, 11) is 0. The molecule has 2 bridgehead atoms. The molecule has 75 heavy (non-hydrogen) atoms. The molecular weight excluding hydrogens is 1050 g/mol. The van der Waals surface area contributed by atoms with Crippen molar-refractivity contribution in [2.75, 3.05) is 52.9 Å². The van der Waals surface area contributed by atoms with Gasteiger partial charge in [0.2, 0.25) is 0 Å². The molecule has 8 nitrogen and oxygen atoms in total. The van der Waals surface area contributed by atoms with Crippen molar-refractivity contribution < 1.29 is 38.3 Å². The van der Waals surface area contributed by atoms with Gasteiger partial charge in [0.15, 0.2) is 0 Å². The molecule has 1 N–H and O–H groups in total. The molecule has 1 heterocycles. The van der Waals surface area contributed by atoms with E-state index in [1.54, 1.807) is 0 Å². The highest BCUT2D eigenvalue weighted by Gasteiger charge is 2.19. The molecule has 5 aromatic rings. The second kappa shape index (κ2) is 35.1. The number of fused-ring (bicyclic) bond motifs is 2. The second-order valence-corrected chi connectivity index (χ2v) is 20.3. The van der Waals surface area contributed by atoms with E-state index in [9.17, 15) is 5.11 Å². The third-order valence-corrected chi connectivity index (χ3v) is 14.1. The van der Waals surface area contributed by atoms with Gasteiger partial charge in [-0.1, -0.05) is 200 Å². The van der Waals surface area contributed by atoms with Crippen LogP contribution in [0.15, 0.2) is 103 Å². The number of benzene rings is 5. The number of aromatic hydroxyl groups is 1. The minimum Gasteiger partial charge on any atom is -0.507 e. The van der Waals surface area contributed by atoms with Crippen molar-refractivity contribution in [1.29, 1.82) is 0 Å². The predicted octanol–water partition coefficient (Wildman–Crippen LogP) is 15.4. The Balaban J connectivity index is 1.27. The Labute approximate surface area is 463 Å². The van der Waals surface area contributed by atoms with E-state index in [1.165, 1.54) is 77.0 Å². The summed E-state index contributed by atoms with van der Waals surface area (Å²) in [5.74, 6) is 18.0. The van der Waals surface area contributed by atoms with Crippen molar-refractivity contribution in [2.45, 2.75) is 142 Å². The van der Waals surface area contributed by atoms with Crippen LogP contribution in [0.25, 0.3) is 0 Å². The zero-order chi connectivity index (χ0) is 52.6. The number of unbranched alkanes of at least 4 members (excludes halogenated alkanes) is 14. The summed E-state index contributed by atoms with van der Waals surface area (Å²) in [6.45, 7) is 8.05. The molecule has 0 unspecified atom stereocenters. The number of hydrogen-bond donors (Lipinski definition) is 1. The summed E-state index contributed by atoms with van der Waals surface area (Å²) < 4.78 is 45.1. The fourth-order valence-corrected chi connectivity index (χ4v) is 9.43. The summed E-state index contributed by atoms with van der Waals surface area (Å²) in [6.07, 6.45) is 25.0. The van der Waals surface area contributed by atoms with Crippen molar-refractivity contribution in [3.63, 3.8) is 0 Å². The number of rotatable bonds is 22. The third-order valence-electron chi connectivity index (χ3n) is 13.2. The molecule has 0 saturated heterocycles. The Kier molecular flexibility index (Phi) is 27.6. The van der Waals surface area contributed by atoms with Crippen LogP contribution in [-0.2, 0) is 36.9 Å². The number of phenols is 1. The van der Waals surface area contributed by atoms with Gasteiger partial charge in [-0.3, -0.25) is 0 Å². The molecule has 9 heteroatoms. The van der Waals surface area contributed by atoms with Crippen LogP contribution < -0.4 is 9.47 Å². The minimum absolute atomic E-state index is 0.0571. The van der Waals surface area contributed by atoms with Gasteiger partial charge in [-0.2, -0.15) is 0 Å². The van der Waals surface area contributed by atoms with Gasteiger partial charge >= 0.3 is 0 Å². The first kappa shape index (κ1) is 59.0. The lowest BCUT2D eigenvalue weighted by atomic mass is 10.0. The van der Waals surface area contributed by atoms with E-state index < -0.39 is 0 Å². The van der Waals surface area contributed by atoms with E-state index in [0.717, 1.165) is 57.4 Å². The SMILES string of the molecule is C#Cc1ccc(C#Cc2cc(OCCCCCCCCCC)c(I)cc2OCCCCCCCCCC)c(C#Cc2ccc3c(O)c2COC[C@@H](c2ccccc2)OCCOCCO[C@H](c2ccccc2)COC3)c1. The zero-order valence-corrected chi connectivity index (χ0v) is 46.8. The number of phenolic OH excluding ortho intramolecular Hbond substituents is 1. The van der Waals surface area contributed by atoms with Gasteiger partial charge in [-0.25, -0.2) is 0 Å². The van der Waals surface area contributed by atoms with Crippen LogP contribution in [0, 0.1) is 39.6 Å². The van der Waals surface area contributed by atoms with Crippen LogP contribution in [-0.4, -0.2) is 58.0 Å². The lowest BCUT2D eigenvalue weighted by molar-refractivity contribution is -0.0646. The van der Waals surface area contributed by atoms with Gasteiger partial charge < -0.3 is 38.3 Å². The van der Waals surface area contributed by atoms with Gasteiger partial charge in [0.05, 0.1) is 75.2 Å². The fourth-order valence-electron chi connectivity index (χ4n) is 8.84. The Morgan fingerprint density at radius 3 is 1.61 bits per heavy atom. The maximum absolute atomic E-state index is 12.0. The Morgan fingerprint density at radius 2 is 1.03 bits per heavy atom. The molecule has 0 aliphatic carbocycles. The molecule has 0 spiro atoms. The van der Waals surface area contributed by atoms with Gasteiger partial charge in [-0.05, 0) is 76.9 Å². The summed E-state index contributed by atoms with van der Waals surface area (Å²) in [5.41, 5.74) is 6.50. The molecular formula is C66H79IO8. The molecule has 398 valence electrons. The number of ether oxygens (including phenoxy) is 7. The topological polar surface area (TPSA) is 84.8 Å². The molecule has 6 rings (SSSR count). The van der Waals surface area contributed by atoms with E-state index in [1.807, 2.05) is 97.1 Å². The Hall–Kier alpha value is -5.29. The molecule has 0 fully saturated rings. The zero-order valence-electron chi connectivity index (χ0n) is 44.6. The molecule has 0 saturated carbocycles. The molecule has 0 aromatic heterocycles. The van der Waals surface area contributed by atoms with Gasteiger partial charge in [0.25, 0.3) is 0 Å². The van der Waals surface area contributed by atoms with Crippen LogP contribution in [0.3, 0.4) is 0 Å². The minimum atomic E-state index is -0.370. The molecule has 5 aromatic carbocycles. The fraction of sp³-hybridized carbons (Fsp3) is 0.455. The Bertz CT molecular complexity index is 2600. The molecule has 2 atom stereocenters. The van der Waals surface area contributed by atoms with E-state index in [2.05, 4.69) is 72.1 Å². The second-order valence-electron chi connectivity index (χ2n) is 19.1. The van der Waals surface area contributed by atoms with Gasteiger partial charge in [-0.15, -0.1) is 6.42 Å². The van der Waals surface area contributed by atoms with E-state index in [0.29, 0.717) is 73.0 Å². The van der Waals surface area contributed by atoms with Gasteiger partial charge in [0, 0.05) is 39.4 Å². The maximum atomic E-state index is 12.0. The van der Waals surface area contributed by atoms with Crippen molar-refractivity contribution in [3.05, 3.63) is 157 Å². The summed E-state index contributed by atoms with van der Waals surface area (Å²) in [4.78, 5) is 0. The number of hydrogen-bond acceptors (Lipinski definition) is 8. The maximum Gasteiger partial charge on any atom is 0.136 e. The standard InChI is InChI=1S/C66H79IO8/c1-4-7-9-11-13-15-17-25-39-72-62-47-61(67)63(73-40-26-18-16-14-12-10-8-5-2)46-58(62)37-33-53-32-31-52(6-3)45-57(53)36-34-54-35-38-59-48-70-50-64(55-27-21-19-22-28-55)74-43-41-69-42-44-75-65(56-29-23-20-24-30-56)51-71-49-60(54)66(59)68/h3,19-24,27-32,35,38,45-47,64-65,68H,4-5,7-18,25-26,39-44,48-51H2,1-2H3/t64-,65-/m0/s1. The molecule has 1 aliphatic rings. The van der Waals surface area contributed by atoms with Gasteiger partial charge in [0.1, 0.15) is 29.5 Å². The lowest BCUT2D eigenvalue weighted by Gasteiger charge is -2.21. The normalized spacial score (nSPS) is 15.5. The van der Waals surface area contributed by atoms with Crippen LogP contribution >= 0.6 is 22.6 Å². The first-order valence-electron chi connectivity index (χ1n) is 27.6. The van der Waals surface area contributed by atoms with E-state index in [-0.39, 0.29) is 44.4 Å². The summed E-state index contributed by atoms with van der Waals surface area (Å²) in [6, 6.07) is 33.5. The number of halogens is 1. The quantitative estimate of drug-likeness (QED) is 0.0417. The highest BCUT2D eigenvalue weighted by Crippen LogP contribution is 2.32. The lowest BCUT2D eigenvalue weighted by Crippen LogP contribution is -2.18. The predicted molar refractivity (Wildman–Crippen MR) is 310 cm³/mol. The van der Waals surface area contributed by atoms with E-state index >= 15 is 0 Å². The Morgan fingerprint density at radius 1 is 0.520 bits per heavy atom. The van der Waals surface area contributed by atoms with Crippen LogP contribution in [0.4, 0.5) is 0 Å². The monoisotopic (exact) mass is 1130 g/mol. The first-order chi connectivity index (χ1) is 37.0. The largest absolute Gasteiger partial charge is 0.507 e. The van der Waals surface area contributed by atoms with Crippen molar-refractivity contribution in [2.24, 2.45) is 0 Å². The third kappa shape index (κ3) is 21.0. The van der Waals surface area contributed by atoms with Crippen LogP contribution in [0.5, 0.6) is 17.2 Å². The first-order valence-corrected chi connectivity index (χ1v) is 28.7. The van der Waals surface area contributed by atoms with E-state index in [4.69, 9.17) is 39.6 Å². The molecule has 0 amide bonds.